The summed E-state index contributed by atoms with van der Waals surface area (Å²) in [7, 11) is 0. The van der Waals surface area contributed by atoms with Gasteiger partial charge >= 0.3 is 0 Å². The second kappa shape index (κ2) is 9.04. The molecule has 0 aliphatic carbocycles. The molecule has 2 saturated heterocycles. The van der Waals surface area contributed by atoms with Crippen LogP contribution in [-0.4, -0.2) is 42.4 Å². The Balaban J connectivity index is 0.00000208. The van der Waals surface area contributed by atoms with Gasteiger partial charge in [-0.1, -0.05) is 30.3 Å². The van der Waals surface area contributed by atoms with Crippen molar-refractivity contribution in [1.82, 2.24) is 15.5 Å². The van der Waals surface area contributed by atoms with Gasteiger partial charge in [-0.3, -0.25) is 9.59 Å². The monoisotopic (exact) mass is 351 g/mol. The van der Waals surface area contributed by atoms with Gasteiger partial charge in [-0.05, 0) is 37.8 Å². The number of likely N-dealkylation sites (tertiary alicyclic amines) is 1. The molecule has 2 heterocycles. The molecule has 1 aromatic carbocycles. The van der Waals surface area contributed by atoms with Crippen LogP contribution >= 0.6 is 12.4 Å². The number of carbonyl (C=O) groups is 2. The van der Waals surface area contributed by atoms with E-state index in [1.165, 1.54) is 0 Å². The van der Waals surface area contributed by atoms with E-state index in [1.54, 1.807) is 4.90 Å². The van der Waals surface area contributed by atoms with Gasteiger partial charge in [0.05, 0.1) is 0 Å². The first-order valence-electron chi connectivity index (χ1n) is 8.61. The zero-order chi connectivity index (χ0) is 16.1. The number of piperidine rings is 2. The van der Waals surface area contributed by atoms with Gasteiger partial charge in [0.1, 0.15) is 6.04 Å². The van der Waals surface area contributed by atoms with E-state index in [9.17, 15) is 9.59 Å². The standard InChI is InChI=1S/C18H25N3O2.ClH/c22-16-10-4-5-12-21(16)17(14-7-2-1-3-8-14)18(23)20-15-9-6-11-19-13-15;/h1-3,7-8,15,17,19H,4-6,9-13H2,(H,20,23);1H. The van der Waals surface area contributed by atoms with Crippen molar-refractivity contribution < 1.29 is 9.59 Å². The first-order chi connectivity index (χ1) is 11.3. The Morgan fingerprint density at radius 3 is 2.67 bits per heavy atom. The molecular weight excluding hydrogens is 326 g/mol. The van der Waals surface area contributed by atoms with Crippen LogP contribution in [0.4, 0.5) is 0 Å². The van der Waals surface area contributed by atoms with E-state index in [0.717, 1.165) is 44.3 Å². The summed E-state index contributed by atoms with van der Waals surface area (Å²) in [5.74, 6) is 0.0298. The molecule has 3 rings (SSSR count). The molecule has 2 atom stereocenters. The van der Waals surface area contributed by atoms with Gasteiger partial charge < -0.3 is 15.5 Å². The van der Waals surface area contributed by atoms with Crippen LogP contribution in [0.2, 0.25) is 0 Å². The van der Waals surface area contributed by atoms with Gasteiger partial charge in [0, 0.05) is 25.6 Å². The van der Waals surface area contributed by atoms with Crippen molar-refractivity contribution in [3.8, 4) is 0 Å². The lowest BCUT2D eigenvalue weighted by Gasteiger charge is -2.35. The van der Waals surface area contributed by atoms with E-state index in [1.807, 2.05) is 30.3 Å². The molecule has 0 aromatic heterocycles. The third-order valence-electron chi connectivity index (χ3n) is 4.68. The number of hydrogen-bond donors (Lipinski definition) is 2. The van der Waals surface area contributed by atoms with E-state index in [0.29, 0.717) is 13.0 Å². The van der Waals surface area contributed by atoms with Crippen LogP contribution in [0.3, 0.4) is 0 Å². The highest BCUT2D eigenvalue weighted by Crippen LogP contribution is 2.26. The van der Waals surface area contributed by atoms with Gasteiger partial charge in [0.15, 0.2) is 0 Å². The molecule has 0 saturated carbocycles. The van der Waals surface area contributed by atoms with Crippen LogP contribution in [0.15, 0.2) is 30.3 Å². The number of nitrogens with zero attached hydrogens (tertiary/aromatic N) is 1. The average molecular weight is 352 g/mol. The first-order valence-corrected chi connectivity index (χ1v) is 8.61. The Hall–Kier alpha value is -1.59. The molecule has 2 aliphatic heterocycles. The highest BCUT2D eigenvalue weighted by atomic mass is 35.5. The van der Waals surface area contributed by atoms with Crippen LogP contribution < -0.4 is 10.6 Å². The van der Waals surface area contributed by atoms with Crippen molar-refractivity contribution in [2.75, 3.05) is 19.6 Å². The molecule has 2 fully saturated rings. The smallest absolute Gasteiger partial charge is 0.247 e. The maximum atomic E-state index is 12.9. The topological polar surface area (TPSA) is 61.4 Å². The SMILES string of the molecule is Cl.O=C(NC1CCCNC1)C(c1ccccc1)N1CCCCC1=O. The van der Waals surface area contributed by atoms with Crippen molar-refractivity contribution >= 4 is 24.2 Å². The second-order valence-corrected chi connectivity index (χ2v) is 6.41. The molecule has 0 spiro atoms. The fourth-order valence-electron chi connectivity index (χ4n) is 3.46. The number of benzene rings is 1. The number of nitrogens with one attached hydrogen (secondary N) is 2. The highest BCUT2D eigenvalue weighted by Gasteiger charge is 2.33. The number of rotatable bonds is 4. The molecule has 0 radical (unpaired) electrons. The summed E-state index contributed by atoms with van der Waals surface area (Å²) < 4.78 is 0. The van der Waals surface area contributed by atoms with Crippen molar-refractivity contribution in [2.24, 2.45) is 0 Å². The number of amides is 2. The minimum Gasteiger partial charge on any atom is -0.350 e. The Morgan fingerprint density at radius 2 is 2.00 bits per heavy atom. The third-order valence-corrected chi connectivity index (χ3v) is 4.68. The normalized spacial score (nSPS) is 22.4. The molecule has 5 nitrogen and oxygen atoms in total. The molecule has 0 bridgehead atoms. The van der Waals surface area contributed by atoms with Crippen LogP contribution in [0.25, 0.3) is 0 Å². The number of halogens is 1. The van der Waals surface area contributed by atoms with Crippen LogP contribution in [0.1, 0.15) is 43.7 Å². The molecule has 2 amide bonds. The molecule has 2 unspecified atom stereocenters. The van der Waals surface area contributed by atoms with E-state index in [-0.39, 0.29) is 30.3 Å². The van der Waals surface area contributed by atoms with Gasteiger partial charge in [-0.25, -0.2) is 0 Å². The Kier molecular flexibility index (Phi) is 7.06. The Bertz CT molecular complexity index is 546. The maximum absolute atomic E-state index is 12.9. The lowest BCUT2D eigenvalue weighted by atomic mass is 9.99. The molecule has 2 N–H and O–H groups in total. The van der Waals surface area contributed by atoms with Crippen molar-refractivity contribution in [3.63, 3.8) is 0 Å². The van der Waals surface area contributed by atoms with Gasteiger partial charge in [0.25, 0.3) is 0 Å². The largest absolute Gasteiger partial charge is 0.350 e. The molecule has 132 valence electrons. The summed E-state index contributed by atoms with van der Waals surface area (Å²) in [6, 6.07) is 9.30. The zero-order valence-electron chi connectivity index (χ0n) is 13.9. The van der Waals surface area contributed by atoms with Crippen LogP contribution in [0.5, 0.6) is 0 Å². The summed E-state index contributed by atoms with van der Waals surface area (Å²) in [5.41, 5.74) is 0.893. The van der Waals surface area contributed by atoms with E-state index >= 15 is 0 Å². The predicted octanol–water partition coefficient (Wildman–Crippen LogP) is 2.03. The van der Waals surface area contributed by atoms with E-state index < -0.39 is 6.04 Å². The quantitative estimate of drug-likeness (QED) is 0.872. The number of carbonyl (C=O) groups excluding carboxylic acids is 2. The zero-order valence-corrected chi connectivity index (χ0v) is 14.7. The van der Waals surface area contributed by atoms with Crippen molar-refractivity contribution in [3.05, 3.63) is 35.9 Å². The average Bonchev–Trinajstić information content (AvgIpc) is 2.59. The molecular formula is C18H26ClN3O2. The van der Waals surface area contributed by atoms with E-state index in [4.69, 9.17) is 0 Å². The van der Waals surface area contributed by atoms with Gasteiger partial charge in [-0.2, -0.15) is 0 Å². The predicted molar refractivity (Wildman–Crippen MR) is 96.0 cm³/mol. The maximum Gasteiger partial charge on any atom is 0.247 e. The van der Waals surface area contributed by atoms with Gasteiger partial charge in [0.2, 0.25) is 11.8 Å². The lowest BCUT2D eigenvalue weighted by molar-refractivity contribution is -0.143. The summed E-state index contributed by atoms with van der Waals surface area (Å²) in [6.45, 7) is 2.48. The minimum atomic E-state index is -0.508. The lowest BCUT2D eigenvalue weighted by Crippen LogP contribution is -2.51. The minimum absolute atomic E-state index is 0. The van der Waals surface area contributed by atoms with Crippen molar-refractivity contribution in [2.45, 2.75) is 44.2 Å². The summed E-state index contributed by atoms with van der Waals surface area (Å²) >= 11 is 0. The number of hydrogen-bond acceptors (Lipinski definition) is 3. The summed E-state index contributed by atoms with van der Waals surface area (Å²) in [4.78, 5) is 27.0. The van der Waals surface area contributed by atoms with Crippen LogP contribution in [-0.2, 0) is 9.59 Å². The molecule has 6 heteroatoms. The molecule has 1 aromatic rings. The Morgan fingerprint density at radius 1 is 1.21 bits per heavy atom. The molecule has 24 heavy (non-hydrogen) atoms. The third kappa shape index (κ3) is 4.48. The second-order valence-electron chi connectivity index (χ2n) is 6.41. The van der Waals surface area contributed by atoms with Gasteiger partial charge in [-0.15, -0.1) is 12.4 Å². The van der Waals surface area contributed by atoms with E-state index in [2.05, 4.69) is 10.6 Å². The molecule has 2 aliphatic rings. The Labute approximate surface area is 149 Å². The fourth-order valence-corrected chi connectivity index (χ4v) is 3.46. The fraction of sp³-hybridized carbons (Fsp3) is 0.556. The van der Waals surface area contributed by atoms with Crippen molar-refractivity contribution in [1.29, 1.82) is 0 Å². The summed E-state index contributed by atoms with van der Waals surface area (Å²) in [6.07, 6.45) is 4.50. The van der Waals surface area contributed by atoms with Crippen LogP contribution in [0, 0.1) is 0 Å². The summed E-state index contributed by atoms with van der Waals surface area (Å²) in [5, 5.41) is 6.45. The first kappa shape index (κ1) is 18.7. The highest BCUT2D eigenvalue weighted by molar-refractivity contribution is 5.89.